The number of nitrogens with zero attached hydrogens (tertiary/aromatic N) is 3. The third kappa shape index (κ3) is 5.80. The van der Waals surface area contributed by atoms with Crippen LogP contribution < -0.4 is 4.74 Å². The Bertz CT molecular complexity index is 1310. The van der Waals surface area contributed by atoms with E-state index in [0.717, 1.165) is 40.6 Å². The fourth-order valence-corrected chi connectivity index (χ4v) is 5.03. The molecule has 2 aliphatic rings. The molecular formula is C30H37N3O5. The van der Waals surface area contributed by atoms with Crippen molar-refractivity contribution in [2.45, 2.75) is 64.4 Å². The van der Waals surface area contributed by atoms with Crippen molar-refractivity contribution in [3.8, 4) is 5.75 Å². The van der Waals surface area contributed by atoms with Crippen LogP contribution in [0, 0.1) is 0 Å². The van der Waals surface area contributed by atoms with Gasteiger partial charge in [-0.2, -0.15) is 0 Å². The zero-order valence-corrected chi connectivity index (χ0v) is 22.7. The molecule has 0 radical (unpaired) electrons. The number of ether oxygens (including phenoxy) is 3. The summed E-state index contributed by atoms with van der Waals surface area (Å²) in [6, 6.07) is 16.5. The van der Waals surface area contributed by atoms with Crippen LogP contribution in [0.2, 0.25) is 0 Å². The number of para-hydroxylation sites is 2. The molecule has 1 saturated carbocycles. The Labute approximate surface area is 224 Å². The normalized spacial score (nSPS) is 17.9. The number of amides is 2. The second-order valence-electron chi connectivity index (χ2n) is 11.1. The van der Waals surface area contributed by atoms with Crippen molar-refractivity contribution in [1.29, 1.82) is 0 Å². The van der Waals surface area contributed by atoms with Crippen LogP contribution in [0.1, 0.15) is 44.7 Å². The topological polar surface area (TPSA) is 73.2 Å². The quantitative estimate of drug-likeness (QED) is 0.447. The zero-order chi connectivity index (χ0) is 26.9. The molecule has 3 aromatic rings. The lowest BCUT2D eigenvalue weighted by Crippen LogP contribution is -2.53. The average molecular weight is 520 g/mol. The van der Waals surface area contributed by atoms with E-state index in [9.17, 15) is 9.59 Å². The zero-order valence-electron chi connectivity index (χ0n) is 22.7. The molecule has 8 nitrogen and oxygen atoms in total. The predicted octanol–water partition coefficient (Wildman–Crippen LogP) is 4.83. The van der Waals surface area contributed by atoms with Crippen molar-refractivity contribution in [1.82, 2.24) is 14.4 Å². The Morgan fingerprint density at radius 1 is 1.05 bits per heavy atom. The molecule has 38 heavy (non-hydrogen) atoms. The molecule has 0 bridgehead atoms. The second kappa shape index (κ2) is 10.7. The van der Waals surface area contributed by atoms with E-state index in [-0.39, 0.29) is 18.5 Å². The van der Waals surface area contributed by atoms with Gasteiger partial charge in [0, 0.05) is 41.8 Å². The highest BCUT2D eigenvalue weighted by atomic mass is 16.6. The molecule has 5 rings (SSSR count). The largest absolute Gasteiger partial charge is 0.496 e. The van der Waals surface area contributed by atoms with Crippen molar-refractivity contribution in [3.63, 3.8) is 0 Å². The van der Waals surface area contributed by atoms with E-state index in [4.69, 9.17) is 14.2 Å². The van der Waals surface area contributed by atoms with Crippen molar-refractivity contribution in [2.75, 3.05) is 26.8 Å². The second-order valence-corrected chi connectivity index (χ2v) is 11.1. The van der Waals surface area contributed by atoms with Crippen LogP contribution in [0.5, 0.6) is 5.75 Å². The van der Waals surface area contributed by atoms with Crippen molar-refractivity contribution in [3.05, 3.63) is 65.9 Å². The Hall–Kier alpha value is -3.52. The number of methoxy groups -OCH3 is 1. The SMILES string of the molecule is COc1ccccc1Cn1cc(CN(C(=O)C2CN(C(=O)OC(C)(C)C)CCO2)C2CC2)c2ccccc21. The molecule has 1 aromatic heterocycles. The molecule has 2 fully saturated rings. The standard InChI is InChI=1S/C30H37N3O5/c1-30(2,3)38-29(35)31-15-16-37-27(20-31)28(34)33(23-13-14-23)19-22-18-32(25-11-7-6-10-24(22)25)17-21-9-5-8-12-26(21)36-4/h5-12,18,23,27H,13-17,19-20H2,1-4H3. The van der Waals surface area contributed by atoms with E-state index in [0.29, 0.717) is 26.2 Å². The molecule has 1 unspecified atom stereocenters. The van der Waals surface area contributed by atoms with Gasteiger partial charge in [-0.15, -0.1) is 0 Å². The Morgan fingerprint density at radius 2 is 1.79 bits per heavy atom. The van der Waals surface area contributed by atoms with E-state index in [1.54, 1.807) is 12.0 Å². The smallest absolute Gasteiger partial charge is 0.410 e. The third-order valence-electron chi connectivity index (χ3n) is 7.01. The Balaban J connectivity index is 1.36. The van der Waals surface area contributed by atoms with Gasteiger partial charge in [0.05, 0.1) is 26.8 Å². The fourth-order valence-electron chi connectivity index (χ4n) is 5.03. The number of benzene rings is 2. The van der Waals surface area contributed by atoms with Gasteiger partial charge in [-0.05, 0) is 51.3 Å². The molecule has 1 atom stereocenters. The molecule has 1 aliphatic heterocycles. The van der Waals surface area contributed by atoms with Crippen LogP contribution >= 0.6 is 0 Å². The van der Waals surface area contributed by atoms with Crippen LogP contribution in [0.15, 0.2) is 54.7 Å². The summed E-state index contributed by atoms with van der Waals surface area (Å²) in [4.78, 5) is 29.9. The molecule has 2 amide bonds. The molecule has 1 aliphatic carbocycles. The summed E-state index contributed by atoms with van der Waals surface area (Å²) < 4.78 is 19.2. The molecule has 8 heteroatoms. The Kier molecular flexibility index (Phi) is 7.34. The van der Waals surface area contributed by atoms with Crippen LogP contribution in [-0.4, -0.2) is 70.9 Å². The van der Waals surface area contributed by atoms with Crippen LogP contribution in [-0.2, 0) is 27.4 Å². The number of fused-ring (bicyclic) bond motifs is 1. The van der Waals surface area contributed by atoms with Crippen LogP contribution in [0.3, 0.4) is 0 Å². The highest BCUT2D eigenvalue weighted by Crippen LogP contribution is 2.33. The molecule has 1 saturated heterocycles. The van der Waals surface area contributed by atoms with Gasteiger partial charge in [0.1, 0.15) is 11.4 Å². The number of aromatic nitrogens is 1. The predicted molar refractivity (Wildman–Crippen MR) is 145 cm³/mol. The van der Waals surface area contributed by atoms with E-state index in [1.807, 2.05) is 56.0 Å². The summed E-state index contributed by atoms with van der Waals surface area (Å²) in [5.74, 6) is 0.785. The maximum Gasteiger partial charge on any atom is 0.410 e. The van der Waals surface area contributed by atoms with Gasteiger partial charge in [0.25, 0.3) is 5.91 Å². The van der Waals surface area contributed by atoms with Gasteiger partial charge >= 0.3 is 6.09 Å². The minimum absolute atomic E-state index is 0.0673. The first-order valence-corrected chi connectivity index (χ1v) is 13.3. The lowest BCUT2D eigenvalue weighted by Gasteiger charge is -2.35. The van der Waals surface area contributed by atoms with Gasteiger partial charge in [-0.3, -0.25) is 4.79 Å². The maximum absolute atomic E-state index is 13.8. The Morgan fingerprint density at radius 3 is 2.53 bits per heavy atom. The van der Waals surface area contributed by atoms with Crippen molar-refractivity contribution >= 4 is 22.9 Å². The monoisotopic (exact) mass is 519 g/mol. The first-order chi connectivity index (χ1) is 18.2. The first kappa shape index (κ1) is 26.1. The van der Waals surface area contributed by atoms with Gasteiger partial charge in [0.2, 0.25) is 0 Å². The maximum atomic E-state index is 13.8. The molecule has 0 N–H and O–H groups in total. The van der Waals surface area contributed by atoms with Gasteiger partial charge in [-0.25, -0.2) is 4.79 Å². The first-order valence-electron chi connectivity index (χ1n) is 13.3. The molecule has 2 aromatic carbocycles. The number of hydrogen-bond acceptors (Lipinski definition) is 5. The lowest BCUT2D eigenvalue weighted by molar-refractivity contribution is -0.150. The average Bonchev–Trinajstić information content (AvgIpc) is 3.69. The summed E-state index contributed by atoms with van der Waals surface area (Å²) in [5.41, 5.74) is 2.71. The number of morpholine rings is 1. The minimum atomic E-state index is -0.696. The van der Waals surface area contributed by atoms with E-state index < -0.39 is 17.8 Å². The van der Waals surface area contributed by atoms with E-state index in [1.165, 1.54) is 0 Å². The highest BCUT2D eigenvalue weighted by molar-refractivity contribution is 5.86. The van der Waals surface area contributed by atoms with Crippen LogP contribution in [0.25, 0.3) is 10.9 Å². The molecular weight excluding hydrogens is 482 g/mol. The minimum Gasteiger partial charge on any atom is -0.496 e. The highest BCUT2D eigenvalue weighted by Gasteiger charge is 2.39. The van der Waals surface area contributed by atoms with Gasteiger partial charge < -0.3 is 28.6 Å². The summed E-state index contributed by atoms with van der Waals surface area (Å²) in [6.07, 6.45) is 3.01. The van der Waals surface area contributed by atoms with Crippen molar-refractivity contribution in [2.24, 2.45) is 0 Å². The lowest BCUT2D eigenvalue weighted by atomic mass is 10.1. The van der Waals surface area contributed by atoms with E-state index in [2.05, 4.69) is 29.0 Å². The molecule has 2 heterocycles. The van der Waals surface area contributed by atoms with Gasteiger partial charge in [-0.1, -0.05) is 36.4 Å². The summed E-state index contributed by atoms with van der Waals surface area (Å²) in [5, 5.41) is 1.13. The number of hydrogen-bond donors (Lipinski definition) is 0. The van der Waals surface area contributed by atoms with Crippen molar-refractivity contribution < 1.29 is 23.8 Å². The van der Waals surface area contributed by atoms with E-state index >= 15 is 0 Å². The summed E-state index contributed by atoms with van der Waals surface area (Å²) in [6.45, 7) is 7.61. The van der Waals surface area contributed by atoms with Gasteiger partial charge in [0.15, 0.2) is 6.10 Å². The molecule has 0 spiro atoms. The summed E-state index contributed by atoms with van der Waals surface area (Å²) >= 11 is 0. The number of rotatable bonds is 7. The number of carbonyl (C=O) groups excluding carboxylic acids is 2. The number of carbonyl (C=O) groups is 2. The fraction of sp³-hybridized carbons (Fsp3) is 0.467. The molecule has 202 valence electrons. The summed E-state index contributed by atoms with van der Waals surface area (Å²) in [7, 11) is 1.69. The van der Waals surface area contributed by atoms with Crippen LogP contribution in [0.4, 0.5) is 4.79 Å². The third-order valence-corrected chi connectivity index (χ3v) is 7.01.